The average Bonchev–Trinajstić information content (AvgIpc) is 3.12. The molecule has 0 atom stereocenters. The number of anilines is 1. The van der Waals surface area contributed by atoms with Crippen molar-refractivity contribution >= 4 is 36.7 Å². The molecule has 0 saturated carbocycles. The lowest BCUT2D eigenvalue weighted by Gasteiger charge is -2.33. The van der Waals surface area contributed by atoms with Gasteiger partial charge in [-0.1, -0.05) is 35.6 Å². The van der Waals surface area contributed by atoms with Crippen LogP contribution in [0.25, 0.3) is 10.2 Å². The number of sulfonamides is 1. The van der Waals surface area contributed by atoms with E-state index in [9.17, 15) is 13.7 Å². The highest BCUT2D eigenvalue weighted by molar-refractivity contribution is 7.89. The van der Waals surface area contributed by atoms with Crippen LogP contribution in [-0.4, -0.2) is 43.9 Å². The SMILES string of the molecule is N#Cc1ccccc1S(=O)(=O)N1CCN(c2nc3ccccc3s2)CC1. The van der Waals surface area contributed by atoms with Crippen molar-refractivity contribution in [1.29, 1.82) is 5.26 Å². The number of nitriles is 1. The first kappa shape index (κ1) is 17.0. The van der Waals surface area contributed by atoms with Crippen LogP contribution in [-0.2, 0) is 10.0 Å². The molecule has 8 heteroatoms. The summed E-state index contributed by atoms with van der Waals surface area (Å²) in [6.45, 7) is 1.90. The van der Waals surface area contributed by atoms with Gasteiger partial charge in [0, 0.05) is 26.2 Å². The van der Waals surface area contributed by atoms with Crippen LogP contribution < -0.4 is 4.90 Å². The van der Waals surface area contributed by atoms with Gasteiger partial charge in [0.15, 0.2) is 5.13 Å². The number of nitrogens with zero attached hydrogens (tertiary/aromatic N) is 4. The Balaban J connectivity index is 1.53. The molecule has 1 aromatic heterocycles. The van der Waals surface area contributed by atoms with Crippen molar-refractivity contribution in [1.82, 2.24) is 9.29 Å². The van der Waals surface area contributed by atoms with Gasteiger partial charge in [0.25, 0.3) is 0 Å². The fourth-order valence-corrected chi connectivity index (χ4v) is 5.62. The van der Waals surface area contributed by atoms with Crippen molar-refractivity contribution in [2.75, 3.05) is 31.1 Å². The van der Waals surface area contributed by atoms with Gasteiger partial charge in [0.05, 0.1) is 20.7 Å². The number of benzene rings is 2. The summed E-state index contributed by atoms with van der Waals surface area (Å²) in [6, 6.07) is 16.3. The van der Waals surface area contributed by atoms with Crippen LogP contribution >= 0.6 is 11.3 Å². The van der Waals surface area contributed by atoms with Gasteiger partial charge in [-0.05, 0) is 24.3 Å². The van der Waals surface area contributed by atoms with Crippen LogP contribution in [0, 0.1) is 11.3 Å². The largest absolute Gasteiger partial charge is 0.345 e. The third-order valence-corrected chi connectivity index (χ3v) is 7.47. The number of rotatable bonds is 3. The van der Waals surface area contributed by atoms with Crippen LogP contribution in [0.1, 0.15) is 5.56 Å². The van der Waals surface area contributed by atoms with Crippen molar-refractivity contribution in [3.8, 4) is 6.07 Å². The minimum absolute atomic E-state index is 0.0796. The third kappa shape index (κ3) is 2.94. The normalized spacial score (nSPS) is 15.9. The molecule has 2 heterocycles. The number of piperazine rings is 1. The van der Waals surface area contributed by atoms with Crippen molar-refractivity contribution in [3.05, 3.63) is 54.1 Å². The van der Waals surface area contributed by atoms with Gasteiger partial charge in [0.1, 0.15) is 6.07 Å². The molecule has 1 aliphatic heterocycles. The summed E-state index contributed by atoms with van der Waals surface area (Å²) in [5.41, 5.74) is 1.15. The highest BCUT2D eigenvalue weighted by Crippen LogP contribution is 2.30. The smallest absolute Gasteiger partial charge is 0.244 e. The number of thiazole rings is 1. The molecule has 1 aliphatic rings. The van der Waals surface area contributed by atoms with Crippen molar-refractivity contribution in [3.63, 3.8) is 0 Å². The highest BCUT2D eigenvalue weighted by atomic mass is 32.2. The molecule has 132 valence electrons. The van der Waals surface area contributed by atoms with Crippen LogP contribution in [0.2, 0.25) is 0 Å². The van der Waals surface area contributed by atoms with Crippen LogP contribution in [0.5, 0.6) is 0 Å². The zero-order valence-electron chi connectivity index (χ0n) is 13.9. The zero-order chi connectivity index (χ0) is 18.1. The maximum Gasteiger partial charge on any atom is 0.244 e. The standard InChI is InChI=1S/C18H16N4O2S2/c19-13-14-5-1-4-8-17(14)26(23,24)22-11-9-21(10-12-22)18-20-15-6-2-3-7-16(15)25-18/h1-8H,9-12H2. The molecule has 0 spiro atoms. The first-order chi connectivity index (χ1) is 12.6. The molecular weight excluding hydrogens is 368 g/mol. The van der Waals surface area contributed by atoms with E-state index in [1.807, 2.05) is 30.3 Å². The van der Waals surface area contributed by atoms with E-state index in [0.29, 0.717) is 26.2 Å². The summed E-state index contributed by atoms with van der Waals surface area (Å²) >= 11 is 1.62. The predicted octanol–water partition coefficient (Wildman–Crippen LogP) is 2.68. The Labute approximate surface area is 156 Å². The monoisotopic (exact) mass is 384 g/mol. The summed E-state index contributed by atoms with van der Waals surface area (Å²) in [7, 11) is -3.67. The Kier molecular flexibility index (Phi) is 4.36. The van der Waals surface area contributed by atoms with Gasteiger partial charge in [0.2, 0.25) is 10.0 Å². The molecule has 6 nitrogen and oxygen atoms in total. The average molecular weight is 384 g/mol. The number of aromatic nitrogens is 1. The van der Waals surface area contributed by atoms with Crippen LogP contribution in [0.15, 0.2) is 53.4 Å². The molecular formula is C18H16N4O2S2. The van der Waals surface area contributed by atoms with Gasteiger partial charge >= 0.3 is 0 Å². The summed E-state index contributed by atoms with van der Waals surface area (Å²) in [4.78, 5) is 6.84. The fraction of sp³-hybridized carbons (Fsp3) is 0.222. The highest BCUT2D eigenvalue weighted by Gasteiger charge is 2.31. The topological polar surface area (TPSA) is 77.3 Å². The Morgan fingerprint density at radius 3 is 2.42 bits per heavy atom. The van der Waals surface area contributed by atoms with Gasteiger partial charge in [-0.25, -0.2) is 13.4 Å². The summed E-state index contributed by atoms with van der Waals surface area (Å²) in [5, 5.41) is 10.1. The molecule has 0 amide bonds. The maximum atomic E-state index is 12.9. The van der Waals surface area contributed by atoms with Crippen molar-refractivity contribution in [2.24, 2.45) is 0 Å². The second-order valence-electron chi connectivity index (χ2n) is 5.96. The quantitative estimate of drug-likeness (QED) is 0.694. The van der Waals surface area contributed by atoms with Crippen LogP contribution in [0.4, 0.5) is 5.13 Å². The number of hydrogen-bond acceptors (Lipinski definition) is 6. The number of fused-ring (bicyclic) bond motifs is 1. The zero-order valence-corrected chi connectivity index (χ0v) is 15.5. The minimum Gasteiger partial charge on any atom is -0.345 e. The molecule has 1 fully saturated rings. The van der Waals surface area contributed by atoms with Crippen LogP contribution in [0.3, 0.4) is 0 Å². The molecule has 0 radical (unpaired) electrons. The Hall–Kier alpha value is -2.47. The molecule has 4 rings (SSSR count). The number of para-hydroxylation sites is 1. The van der Waals surface area contributed by atoms with E-state index in [4.69, 9.17) is 0 Å². The second-order valence-corrected chi connectivity index (χ2v) is 8.88. The first-order valence-corrected chi connectivity index (χ1v) is 10.4. The van der Waals surface area contributed by atoms with E-state index < -0.39 is 10.0 Å². The maximum absolute atomic E-state index is 12.9. The molecule has 26 heavy (non-hydrogen) atoms. The summed E-state index contributed by atoms with van der Waals surface area (Å²) < 4.78 is 28.4. The lowest BCUT2D eigenvalue weighted by atomic mass is 10.2. The van der Waals surface area contributed by atoms with E-state index in [2.05, 4.69) is 9.88 Å². The second kappa shape index (κ2) is 6.68. The Bertz CT molecular complexity index is 1060. The lowest BCUT2D eigenvalue weighted by Crippen LogP contribution is -2.48. The number of hydrogen-bond donors (Lipinski definition) is 0. The summed E-state index contributed by atoms with van der Waals surface area (Å²) in [6.07, 6.45) is 0. The predicted molar refractivity (Wildman–Crippen MR) is 102 cm³/mol. The Morgan fingerprint density at radius 2 is 1.69 bits per heavy atom. The van der Waals surface area contributed by atoms with E-state index in [0.717, 1.165) is 15.3 Å². The molecule has 0 N–H and O–H groups in total. The molecule has 3 aromatic rings. The molecule has 0 unspecified atom stereocenters. The van der Waals surface area contributed by atoms with Gasteiger partial charge in [-0.3, -0.25) is 0 Å². The fourth-order valence-electron chi connectivity index (χ4n) is 3.04. The minimum atomic E-state index is -3.67. The lowest BCUT2D eigenvalue weighted by molar-refractivity contribution is 0.384. The van der Waals surface area contributed by atoms with E-state index in [1.165, 1.54) is 16.4 Å². The Morgan fingerprint density at radius 1 is 1.00 bits per heavy atom. The van der Waals surface area contributed by atoms with E-state index in [1.54, 1.807) is 23.5 Å². The van der Waals surface area contributed by atoms with E-state index in [-0.39, 0.29) is 10.5 Å². The van der Waals surface area contributed by atoms with E-state index >= 15 is 0 Å². The van der Waals surface area contributed by atoms with Gasteiger partial charge in [-0.2, -0.15) is 9.57 Å². The molecule has 0 aliphatic carbocycles. The van der Waals surface area contributed by atoms with Crippen molar-refractivity contribution in [2.45, 2.75) is 4.90 Å². The van der Waals surface area contributed by atoms with Crippen molar-refractivity contribution < 1.29 is 8.42 Å². The third-order valence-electron chi connectivity index (χ3n) is 4.42. The van der Waals surface area contributed by atoms with Gasteiger partial charge < -0.3 is 4.90 Å². The molecule has 0 bridgehead atoms. The summed E-state index contributed by atoms with van der Waals surface area (Å²) in [5.74, 6) is 0. The van der Waals surface area contributed by atoms with Gasteiger partial charge in [-0.15, -0.1) is 0 Å². The molecule has 2 aromatic carbocycles. The molecule has 1 saturated heterocycles. The first-order valence-electron chi connectivity index (χ1n) is 8.19.